The largest absolute Gasteiger partial charge is 0.489 e. The van der Waals surface area contributed by atoms with Crippen LogP contribution in [-0.2, 0) is 9.63 Å². The van der Waals surface area contributed by atoms with E-state index in [4.69, 9.17) is 31.0 Å². The molecular weight excluding hydrogens is 298 g/mol. The molecule has 0 aliphatic carbocycles. The van der Waals surface area contributed by atoms with Crippen molar-refractivity contribution in [2.75, 3.05) is 13.2 Å². The van der Waals surface area contributed by atoms with Crippen LogP contribution in [0.25, 0.3) is 0 Å². The first-order valence-corrected chi connectivity index (χ1v) is 6.95. The lowest BCUT2D eigenvalue weighted by atomic mass is 9.96. The van der Waals surface area contributed by atoms with Gasteiger partial charge in [0.05, 0.1) is 23.9 Å². The maximum atomic E-state index is 11.2. The van der Waals surface area contributed by atoms with E-state index >= 15 is 0 Å². The normalized spacial score (nSPS) is 24.0. The van der Waals surface area contributed by atoms with Crippen LogP contribution < -0.4 is 9.47 Å². The molecule has 2 aliphatic rings. The van der Waals surface area contributed by atoms with Crippen molar-refractivity contribution in [2.45, 2.75) is 25.4 Å². The fraction of sp³-hybridized carbons (Fsp3) is 0.429. The number of hydrogen-bond donors (Lipinski definition) is 1. The fourth-order valence-corrected chi connectivity index (χ4v) is 2.47. The predicted molar refractivity (Wildman–Crippen MR) is 75.3 cm³/mol. The Morgan fingerprint density at radius 3 is 2.86 bits per heavy atom. The Kier molecular flexibility index (Phi) is 3.41. The minimum absolute atomic E-state index is 0.165. The monoisotopic (exact) mass is 311 g/mol. The Morgan fingerprint density at radius 2 is 2.14 bits per heavy atom. The van der Waals surface area contributed by atoms with Gasteiger partial charge in [0.2, 0.25) is 5.60 Å². The van der Waals surface area contributed by atoms with Crippen LogP contribution in [0.1, 0.15) is 25.3 Å². The Labute approximate surface area is 126 Å². The van der Waals surface area contributed by atoms with E-state index in [1.807, 2.05) is 0 Å². The van der Waals surface area contributed by atoms with Crippen molar-refractivity contribution in [2.24, 2.45) is 5.16 Å². The van der Waals surface area contributed by atoms with Crippen LogP contribution in [0.5, 0.6) is 11.5 Å². The average Bonchev–Trinajstić information content (AvgIpc) is 2.69. The summed E-state index contributed by atoms with van der Waals surface area (Å²) in [6, 6.07) is 3.44. The molecule has 2 heterocycles. The third-order valence-electron chi connectivity index (χ3n) is 3.45. The maximum Gasteiger partial charge on any atom is 0.351 e. The summed E-state index contributed by atoms with van der Waals surface area (Å²) in [5.41, 5.74) is -0.141. The first-order chi connectivity index (χ1) is 9.99. The minimum atomic E-state index is -1.34. The van der Waals surface area contributed by atoms with E-state index in [-0.39, 0.29) is 6.42 Å². The second kappa shape index (κ2) is 5.11. The SMILES string of the molecule is CC1(C(=O)O)CC(c2cc(Cl)c3c(c2)OCCCO3)=NO1. The molecule has 1 atom stereocenters. The van der Waals surface area contributed by atoms with Gasteiger partial charge in [-0.25, -0.2) is 4.79 Å². The lowest BCUT2D eigenvalue weighted by Gasteiger charge is -2.15. The summed E-state index contributed by atoms with van der Waals surface area (Å²) < 4.78 is 11.2. The number of oxime groups is 1. The van der Waals surface area contributed by atoms with Gasteiger partial charge in [-0.05, 0) is 19.1 Å². The molecule has 1 N–H and O–H groups in total. The fourth-order valence-electron chi connectivity index (χ4n) is 2.21. The van der Waals surface area contributed by atoms with Crippen LogP contribution in [0.2, 0.25) is 5.02 Å². The molecule has 0 spiro atoms. The number of ether oxygens (including phenoxy) is 2. The summed E-state index contributed by atoms with van der Waals surface area (Å²) in [7, 11) is 0. The number of fused-ring (bicyclic) bond motifs is 1. The first-order valence-electron chi connectivity index (χ1n) is 6.57. The average molecular weight is 312 g/mol. The molecule has 2 aliphatic heterocycles. The highest BCUT2D eigenvalue weighted by Gasteiger charge is 2.42. The molecule has 0 amide bonds. The van der Waals surface area contributed by atoms with Gasteiger partial charge in [-0.15, -0.1) is 0 Å². The topological polar surface area (TPSA) is 77.4 Å². The van der Waals surface area contributed by atoms with Gasteiger partial charge >= 0.3 is 5.97 Å². The Balaban J connectivity index is 1.93. The van der Waals surface area contributed by atoms with E-state index in [1.165, 1.54) is 6.92 Å². The van der Waals surface area contributed by atoms with Gasteiger partial charge in [0.25, 0.3) is 0 Å². The van der Waals surface area contributed by atoms with Crippen LogP contribution in [0.4, 0.5) is 0 Å². The van der Waals surface area contributed by atoms with E-state index in [0.29, 0.717) is 41.0 Å². The third-order valence-corrected chi connectivity index (χ3v) is 3.73. The van der Waals surface area contributed by atoms with Crippen molar-refractivity contribution in [3.8, 4) is 11.5 Å². The molecule has 0 fully saturated rings. The van der Waals surface area contributed by atoms with Crippen molar-refractivity contribution in [3.05, 3.63) is 22.7 Å². The van der Waals surface area contributed by atoms with Crippen molar-refractivity contribution in [1.29, 1.82) is 0 Å². The number of aliphatic carboxylic acids is 1. The molecule has 21 heavy (non-hydrogen) atoms. The Bertz CT molecular complexity index is 630. The zero-order valence-electron chi connectivity index (χ0n) is 11.4. The van der Waals surface area contributed by atoms with Gasteiger partial charge in [0.15, 0.2) is 11.5 Å². The molecule has 1 aromatic rings. The zero-order valence-corrected chi connectivity index (χ0v) is 12.1. The molecule has 3 rings (SSSR count). The van der Waals surface area contributed by atoms with E-state index in [0.717, 1.165) is 6.42 Å². The summed E-state index contributed by atoms with van der Waals surface area (Å²) in [6.45, 7) is 2.58. The predicted octanol–water partition coefficient (Wildman–Crippen LogP) is 2.47. The molecule has 112 valence electrons. The highest BCUT2D eigenvalue weighted by Crippen LogP contribution is 2.39. The van der Waals surface area contributed by atoms with Crippen LogP contribution in [0.15, 0.2) is 17.3 Å². The smallest absolute Gasteiger partial charge is 0.351 e. The van der Waals surface area contributed by atoms with Crippen LogP contribution >= 0.6 is 11.6 Å². The number of carboxylic acids is 1. The molecule has 0 saturated carbocycles. The third kappa shape index (κ3) is 2.51. The molecule has 7 heteroatoms. The van der Waals surface area contributed by atoms with Gasteiger partial charge in [-0.3, -0.25) is 0 Å². The second-order valence-electron chi connectivity index (χ2n) is 5.18. The second-order valence-corrected chi connectivity index (χ2v) is 5.59. The number of carboxylic acid groups (broad SMARTS) is 1. The maximum absolute atomic E-state index is 11.2. The minimum Gasteiger partial charge on any atom is -0.489 e. The van der Waals surface area contributed by atoms with Crippen LogP contribution in [-0.4, -0.2) is 35.6 Å². The lowest BCUT2D eigenvalue weighted by molar-refractivity contribution is -0.160. The number of hydrogen-bond acceptors (Lipinski definition) is 5. The van der Waals surface area contributed by atoms with Gasteiger partial charge in [-0.1, -0.05) is 16.8 Å². The quantitative estimate of drug-likeness (QED) is 0.908. The molecule has 0 bridgehead atoms. The zero-order chi connectivity index (χ0) is 15.0. The molecule has 0 saturated heterocycles. The van der Waals surface area contributed by atoms with Crippen molar-refractivity contribution in [1.82, 2.24) is 0 Å². The summed E-state index contributed by atoms with van der Waals surface area (Å²) in [5.74, 6) is 0.00162. The van der Waals surface area contributed by atoms with Crippen molar-refractivity contribution >= 4 is 23.3 Å². The van der Waals surface area contributed by atoms with E-state index in [9.17, 15) is 4.79 Å². The Hall–Kier alpha value is -1.95. The molecule has 0 radical (unpaired) electrons. The number of nitrogens with zero attached hydrogens (tertiary/aromatic N) is 1. The summed E-state index contributed by atoms with van der Waals surface area (Å²) in [4.78, 5) is 16.2. The van der Waals surface area contributed by atoms with E-state index < -0.39 is 11.6 Å². The summed E-state index contributed by atoms with van der Waals surface area (Å²) in [6.07, 6.45) is 0.944. The summed E-state index contributed by atoms with van der Waals surface area (Å²) in [5, 5.41) is 13.4. The standard InChI is InChI=1S/C14H14ClNO5/c1-14(13(17)18)7-10(16-21-14)8-5-9(15)12-11(6-8)19-3-2-4-20-12/h5-6H,2-4,7H2,1H3,(H,17,18). The summed E-state index contributed by atoms with van der Waals surface area (Å²) >= 11 is 6.21. The molecular formula is C14H14ClNO5. The van der Waals surface area contributed by atoms with E-state index in [1.54, 1.807) is 12.1 Å². The lowest BCUT2D eigenvalue weighted by Crippen LogP contribution is -2.35. The number of halogens is 1. The first kappa shape index (κ1) is 14.0. The molecule has 1 unspecified atom stereocenters. The number of carbonyl (C=O) groups is 1. The highest BCUT2D eigenvalue weighted by molar-refractivity contribution is 6.32. The van der Waals surface area contributed by atoms with Gasteiger partial charge in [0.1, 0.15) is 0 Å². The van der Waals surface area contributed by atoms with Gasteiger partial charge in [-0.2, -0.15) is 0 Å². The van der Waals surface area contributed by atoms with Crippen molar-refractivity contribution < 1.29 is 24.2 Å². The van der Waals surface area contributed by atoms with Crippen LogP contribution in [0, 0.1) is 0 Å². The number of rotatable bonds is 2. The molecule has 1 aromatic carbocycles. The van der Waals surface area contributed by atoms with Crippen LogP contribution in [0.3, 0.4) is 0 Å². The molecule has 0 aromatic heterocycles. The van der Waals surface area contributed by atoms with Gasteiger partial charge in [0, 0.05) is 18.4 Å². The molecule has 6 nitrogen and oxygen atoms in total. The number of benzene rings is 1. The van der Waals surface area contributed by atoms with E-state index in [2.05, 4.69) is 5.16 Å². The Morgan fingerprint density at radius 1 is 1.38 bits per heavy atom. The van der Waals surface area contributed by atoms with Crippen molar-refractivity contribution in [3.63, 3.8) is 0 Å². The van der Waals surface area contributed by atoms with Gasteiger partial charge < -0.3 is 19.4 Å². The highest BCUT2D eigenvalue weighted by atomic mass is 35.5.